The van der Waals surface area contributed by atoms with Crippen LogP contribution in [0.15, 0.2) is 34.8 Å². The number of rotatable bonds is 3. The molecule has 0 saturated carbocycles. The van der Waals surface area contributed by atoms with Gasteiger partial charge in [-0.2, -0.15) is 0 Å². The van der Waals surface area contributed by atoms with E-state index in [9.17, 15) is 0 Å². The molecule has 0 aromatic heterocycles. The molecule has 0 bridgehead atoms. The number of hydrogen-bond acceptors (Lipinski definition) is 2. The highest BCUT2D eigenvalue weighted by atomic mass is 79.9. The molecule has 0 saturated heterocycles. The lowest BCUT2D eigenvalue weighted by Crippen LogP contribution is -2.10. The molecule has 0 aliphatic carbocycles. The molecule has 3 nitrogen and oxygen atoms in total. The van der Waals surface area contributed by atoms with Crippen LogP contribution in [0.25, 0.3) is 0 Å². The van der Waals surface area contributed by atoms with Gasteiger partial charge >= 0.3 is 0 Å². The van der Waals surface area contributed by atoms with Crippen molar-refractivity contribution < 1.29 is 4.74 Å². The molecule has 5 heteroatoms. The number of amidine groups is 1. The molecule has 0 radical (unpaired) electrons. The van der Waals surface area contributed by atoms with Crippen molar-refractivity contribution in [2.45, 2.75) is 13.8 Å². The van der Waals surface area contributed by atoms with E-state index in [0.717, 1.165) is 21.3 Å². The highest BCUT2D eigenvalue weighted by Crippen LogP contribution is 2.35. The molecular formula is C15H14BrClN2O. The van der Waals surface area contributed by atoms with Gasteiger partial charge in [-0.05, 0) is 71.2 Å². The van der Waals surface area contributed by atoms with Crippen molar-refractivity contribution in [3.05, 3.63) is 56.5 Å². The molecule has 0 spiro atoms. The normalized spacial score (nSPS) is 10.4. The maximum Gasteiger partial charge on any atom is 0.141 e. The van der Waals surface area contributed by atoms with Gasteiger partial charge in [0.2, 0.25) is 0 Å². The fraction of sp³-hybridized carbons (Fsp3) is 0.133. The lowest BCUT2D eigenvalue weighted by molar-refractivity contribution is 0.472. The average Bonchev–Trinajstić information content (AvgIpc) is 2.34. The fourth-order valence-corrected chi connectivity index (χ4v) is 2.71. The Balaban J connectivity index is 2.38. The maximum atomic E-state index is 7.42. The number of aryl methyl sites for hydroxylation is 2. The van der Waals surface area contributed by atoms with E-state index >= 15 is 0 Å². The SMILES string of the molecule is Cc1cc(Cl)cc(C)c1Oc1ccc(C(=N)N)cc1Br. The van der Waals surface area contributed by atoms with Crippen molar-refractivity contribution in [1.82, 2.24) is 0 Å². The molecule has 20 heavy (non-hydrogen) atoms. The zero-order valence-corrected chi connectivity index (χ0v) is 13.5. The predicted octanol–water partition coefficient (Wildman–Crippen LogP) is 4.80. The van der Waals surface area contributed by atoms with Gasteiger partial charge in [0.1, 0.15) is 17.3 Å². The Morgan fingerprint density at radius 3 is 2.30 bits per heavy atom. The second-order valence-corrected chi connectivity index (χ2v) is 5.82. The number of hydrogen-bond donors (Lipinski definition) is 2. The number of nitrogens with two attached hydrogens (primary N) is 1. The monoisotopic (exact) mass is 352 g/mol. The molecule has 0 fully saturated rings. The second kappa shape index (κ2) is 5.85. The summed E-state index contributed by atoms with van der Waals surface area (Å²) in [5.41, 5.74) is 8.04. The number of halogens is 2. The first-order valence-electron chi connectivity index (χ1n) is 5.97. The van der Waals surface area contributed by atoms with Gasteiger partial charge in [0.25, 0.3) is 0 Å². The Morgan fingerprint density at radius 1 is 1.20 bits per heavy atom. The Morgan fingerprint density at radius 2 is 1.80 bits per heavy atom. The molecule has 3 N–H and O–H groups in total. The van der Waals surface area contributed by atoms with Crippen LogP contribution in [0.4, 0.5) is 0 Å². The third-order valence-electron chi connectivity index (χ3n) is 2.88. The molecular weight excluding hydrogens is 340 g/mol. The van der Waals surface area contributed by atoms with Crippen LogP contribution >= 0.6 is 27.5 Å². The van der Waals surface area contributed by atoms with E-state index in [4.69, 9.17) is 27.5 Å². The lowest BCUT2D eigenvalue weighted by Gasteiger charge is -2.14. The van der Waals surface area contributed by atoms with Gasteiger partial charge in [-0.1, -0.05) is 11.6 Å². The zero-order chi connectivity index (χ0) is 14.9. The molecule has 0 heterocycles. The van der Waals surface area contributed by atoms with Crippen LogP contribution in [0.3, 0.4) is 0 Å². The zero-order valence-electron chi connectivity index (χ0n) is 11.1. The molecule has 104 valence electrons. The summed E-state index contributed by atoms with van der Waals surface area (Å²) in [5, 5.41) is 8.11. The van der Waals surface area contributed by atoms with E-state index in [1.807, 2.05) is 26.0 Å². The van der Waals surface area contributed by atoms with Crippen molar-refractivity contribution >= 4 is 33.4 Å². The Hall–Kier alpha value is -1.52. The minimum atomic E-state index is 0.0242. The molecule has 2 aromatic carbocycles. The van der Waals surface area contributed by atoms with Crippen LogP contribution in [0.1, 0.15) is 16.7 Å². The van der Waals surface area contributed by atoms with Crippen molar-refractivity contribution in [3.8, 4) is 11.5 Å². The van der Waals surface area contributed by atoms with Crippen molar-refractivity contribution in [3.63, 3.8) is 0 Å². The fourth-order valence-electron chi connectivity index (χ4n) is 1.92. The van der Waals surface area contributed by atoms with Crippen LogP contribution < -0.4 is 10.5 Å². The summed E-state index contributed by atoms with van der Waals surface area (Å²) in [5.74, 6) is 1.48. The first kappa shape index (κ1) is 14.9. The Labute approximate surface area is 131 Å². The summed E-state index contributed by atoms with van der Waals surface area (Å²) in [6, 6.07) is 9.03. The lowest BCUT2D eigenvalue weighted by atomic mass is 10.1. The van der Waals surface area contributed by atoms with E-state index in [2.05, 4.69) is 15.9 Å². The van der Waals surface area contributed by atoms with Crippen molar-refractivity contribution in [1.29, 1.82) is 5.41 Å². The van der Waals surface area contributed by atoms with Gasteiger partial charge in [0.15, 0.2) is 0 Å². The number of ether oxygens (including phenoxy) is 1. The Kier molecular flexibility index (Phi) is 4.35. The third-order valence-corrected chi connectivity index (χ3v) is 3.72. The van der Waals surface area contributed by atoms with Crippen LogP contribution in [-0.2, 0) is 0 Å². The van der Waals surface area contributed by atoms with E-state index in [1.54, 1.807) is 18.2 Å². The van der Waals surface area contributed by atoms with Gasteiger partial charge in [-0.3, -0.25) is 5.41 Å². The first-order chi connectivity index (χ1) is 9.38. The van der Waals surface area contributed by atoms with Gasteiger partial charge < -0.3 is 10.5 Å². The third kappa shape index (κ3) is 3.14. The molecule has 0 aliphatic rings. The van der Waals surface area contributed by atoms with Gasteiger partial charge in [-0.15, -0.1) is 0 Å². The second-order valence-electron chi connectivity index (χ2n) is 4.53. The van der Waals surface area contributed by atoms with E-state index in [0.29, 0.717) is 16.3 Å². The molecule has 0 amide bonds. The Bertz CT molecular complexity index is 663. The van der Waals surface area contributed by atoms with E-state index < -0.39 is 0 Å². The van der Waals surface area contributed by atoms with Crippen molar-refractivity contribution in [2.75, 3.05) is 0 Å². The van der Waals surface area contributed by atoms with Gasteiger partial charge in [0.05, 0.1) is 4.47 Å². The minimum absolute atomic E-state index is 0.0242. The molecule has 0 atom stereocenters. The van der Waals surface area contributed by atoms with Crippen LogP contribution in [-0.4, -0.2) is 5.84 Å². The summed E-state index contributed by atoms with van der Waals surface area (Å²) in [6.45, 7) is 3.90. The molecule has 2 rings (SSSR count). The predicted molar refractivity (Wildman–Crippen MR) is 86.2 cm³/mol. The first-order valence-corrected chi connectivity index (χ1v) is 7.14. The number of benzene rings is 2. The summed E-state index contributed by atoms with van der Waals surface area (Å²) in [4.78, 5) is 0. The molecule has 0 aliphatic heterocycles. The van der Waals surface area contributed by atoms with Crippen LogP contribution in [0.2, 0.25) is 5.02 Å². The maximum absolute atomic E-state index is 7.42. The standard InChI is InChI=1S/C15H14BrClN2O/c1-8-5-11(17)6-9(2)14(8)20-13-4-3-10(15(18)19)7-12(13)16/h3-7H,1-2H3,(H3,18,19). The average molecular weight is 354 g/mol. The molecule has 2 aromatic rings. The molecule has 0 unspecified atom stereocenters. The van der Waals surface area contributed by atoms with Crippen molar-refractivity contribution in [2.24, 2.45) is 5.73 Å². The summed E-state index contributed by atoms with van der Waals surface area (Å²) < 4.78 is 6.69. The number of nitrogen functional groups attached to an aromatic ring is 1. The smallest absolute Gasteiger partial charge is 0.141 e. The van der Waals surface area contributed by atoms with E-state index in [-0.39, 0.29) is 5.84 Å². The summed E-state index contributed by atoms with van der Waals surface area (Å²) in [6.07, 6.45) is 0. The topological polar surface area (TPSA) is 59.1 Å². The minimum Gasteiger partial charge on any atom is -0.456 e. The summed E-state index contributed by atoms with van der Waals surface area (Å²) in [7, 11) is 0. The van der Waals surface area contributed by atoms with Crippen LogP contribution in [0.5, 0.6) is 11.5 Å². The highest BCUT2D eigenvalue weighted by Gasteiger charge is 2.10. The van der Waals surface area contributed by atoms with Gasteiger partial charge in [0, 0.05) is 10.6 Å². The highest BCUT2D eigenvalue weighted by molar-refractivity contribution is 9.10. The quantitative estimate of drug-likeness (QED) is 0.615. The number of nitrogens with one attached hydrogen (secondary N) is 1. The van der Waals surface area contributed by atoms with E-state index in [1.165, 1.54) is 0 Å². The van der Waals surface area contributed by atoms with Gasteiger partial charge in [-0.25, -0.2) is 0 Å². The largest absolute Gasteiger partial charge is 0.456 e. The van der Waals surface area contributed by atoms with Crippen LogP contribution in [0, 0.1) is 19.3 Å². The summed E-state index contributed by atoms with van der Waals surface area (Å²) >= 11 is 9.44.